The molecule has 2 fully saturated rings. The molecule has 13 heteroatoms. The first-order valence-corrected chi connectivity index (χ1v) is 14.0. The molecule has 6 rings (SSSR count). The van der Waals surface area contributed by atoms with Crippen molar-refractivity contribution in [3.63, 3.8) is 0 Å². The van der Waals surface area contributed by atoms with Gasteiger partial charge in [0.05, 0.1) is 55.2 Å². The van der Waals surface area contributed by atoms with Crippen LogP contribution >= 0.6 is 0 Å². The second kappa shape index (κ2) is 11.5. The van der Waals surface area contributed by atoms with E-state index in [4.69, 9.17) is 19.9 Å². The lowest BCUT2D eigenvalue weighted by Crippen LogP contribution is -2.54. The normalized spacial score (nSPS) is 23.0. The van der Waals surface area contributed by atoms with E-state index in [9.17, 15) is 4.79 Å². The number of halogens is 2. The van der Waals surface area contributed by atoms with Gasteiger partial charge in [-0.25, -0.2) is 18.6 Å². The number of nitrogens with two attached hydrogens (primary N) is 1. The lowest BCUT2D eigenvalue weighted by atomic mass is 9.73. The summed E-state index contributed by atoms with van der Waals surface area (Å²) in [6, 6.07) is 7.24. The SMILES string of the molecule is COC(=O)N[C@@H]1[C@H](N)C[C@H](c2ccncc2Nc2ncc3ccc(-c4c(F)cc(C5(OC)COC5)cc4F)nn23)C[C@@H]1C. The van der Waals surface area contributed by atoms with Crippen LogP contribution in [0.1, 0.15) is 36.8 Å². The van der Waals surface area contributed by atoms with Gasteiger partial charge in [0.25, 0.3) is 0 Å². The number of carbonyl (C=O) groups is 1. The van der Waals surface area contributed by atoms with Gasteiger partial charge in [-0.2, -0.15) is 9.61 Å². The number of fused-ring (bicyclic) bond motifs is 1. The summed E-state index contributed by atoms with van der Waals surface area (Å²) in [6.07, 6.45) is 5.94. The number of nitrogens with zero attached hydrogens (tertiary/aromatic N) is 4. The lowest BCUT2D eigenvalue weighted by Gasteiger charge is -2.40. The van der Waals surface area contributed by atoms with Gasteiger partial charge in [0.2, 0.25) is 5.95 Å². The third-order valence-electron chi connectivity index (χ3n) is 8.57. The highest BCUT2D eigenvalue weighted by atomic mass is 19.1. The van der Waals surface area contributed by atoms with Crippen molar-refractivity contribution in [2.75, 3.05) is 32.8 Å². The third kappa shape index (κ3) is 5.28. The van der Waals surface area contributed by atoms with Crippen LogP contribution in [-0.4, -0.2) is 65.2 Å². The fourth-order valence-corrected chi connectivity index (χ4v) is 6.15. The fraction of sp³-hybridized carbons (Fsp3) is 0.400. The molecule has 4 atom stereocenters. The van der Waals surface area contributed by atoms with E-state index >= 15 is 8.78 Å². The van der Waals surface area contributed by atoms with Crippen molar-refractivity contribution in [3.05, 3.63) is 71.7 Å². The first-order valence-electron chi connectivity index (χ1n) is 14.0. The molecule has 1 saturated carbocycles. The maximum atomic E-state index is 15.4. The first-order chi connectivity index (χ1) is 20.7. The van der Waals surface area contributed by atoms with E-state index in [2.05, 4.69) is 25.7 Å². The zero-order valence-corrected chi connectivity index (χ0v) is 24.0. The summed E-state index contributed by atoms with van der Waals surface area (Å²) in [5.41, 5.74) is 8.19. The molecule has 11 nitrogen and oxygen atoms in total. The van der Waals surface area contributed by atoms with Gasteiger partial charge in [0.15, 0.2) is 0 Å². The highest BCUT2D eigenvalue weighted by molar-refractivity contribution is 5.68. The average molecular weight is 594 g/mol. The van der Waals surface area contributed by atoms with Crippen LogP contribution in [-0.2, 0) is 19.8 Å². The number of ether oxygens (including phenoxy) is 3. The number of pyridine rings is 1. The Bertz CT molecular complexity index is 1620. The minimum Gasteiger partial charge on any atom is -0.453 e. The Hall–Kier alpha value is -4.20. The number of amides is 1. The second-order valence-electron chi connectivity index (χ2n) is 11.2. The van der Waals surface area contributed by atoms with Crippen LogP contribution in [0, 0.1) is 17.6 Å². The van der Waals surface area contributed by atoms with Crippen molar-refractivity contribution in [1.29, 1.82) is 0 Å². The Morgan fingerprint density at radius 3 is 2.56 bits per heavy atom. The predicted octanol–water partition coefficient (Wildman–Crippen LogP) is 4.25. The molecular formula is C30H33F2N7O4. The van der Waals surface area contributed by atoms with Crippen molar-refractivity contribution in [2.24, 2.45) is 11.7 Å². The lowest BCUT2D eigenvalue weighted by molar-refractivity contribution is -0.202. The zero-order valence-electron chi connectivity index (χ0n) is 24.0. The molecule has 43 heavy (non-hydrogen) atoms. The highest BCUT2D eigenvalue weighted by Gasteiger charge is 2.42. The van der Waals surface area contributed by atoms with E-state index in [0.29, 0.717) is 29.1 Å². The van der Waals surface area contributed by atoms with Crippen molar-refractivity contribution >= 4 is 23.2 Å². The molecular weight excluding hydrogens is 560 g/mol. The summed E-state index contributed by atoms with van der Waals surface area (Å²) >= 11 is 0. The molecule has 4 aromatic rings. The van der Waals surface area contributed by atoms with Gasteiger partial charge in [0.1, 0.15) is 17.2 Å². The van der Waals surface area contributed by atoms with Crippen molar-refractivity contribution in [2.45, 2.75) is 43.4 Å². The number of benzene rings is 1. The van der Waals surface area contributed by atoms with Gasteiger partial charge in [-0.05, 0) is 66.1 Å². The smallest absolute Gasteiger partial charge is 0.407 e. The molecule has 4 N–H and O–H groups in total. The number of hydrogen-bond acceptors (Lipinski definition) is 9. The van der Waals surface area contributed by atoms with Gasteiger partial charge in [0, 0.05) is 25.4 Å². The number of anilines is 2. The standard InChI is InChI=1S/C30H33F2N7O4/c1-16-8-17(9-23(33)27(16)37-29(40)41-2)20-6-7-34-13-25(20)36-28-35-12-19-4-5-24(38-39(19)28)26-21(31)10-18(11-22(26)32)30(42-3)14-43-15-30/h4-7,10-13,16-17,23,27H,8-9,14-15,33H2,1-3H3,(H,35,36)(H,37,40)/t16-,17+,23+,27-/m0/s1. The molecule has 226 valence electrons. The summed E-state index contributed by atoms with van der Waals surface area (Å²) in [5.74, 6) is -0.975. The summed E-state index contributed by atoms with van der Waals surface area (Å²) in [6.45, 7) is 2.50. The van der Waals surface area contributed by atoms with E-state index in [0.717, 1.165) is 12.0 Å². The van der Waals surface area contributed by atoms with Gasteiger partial charge >= 0.3 is 6.09 Å². The molecule has 1 saturated heterocycles. The Balaban J connectivity index is 1.28. The minimum absolute atomic E-state index is 0.0825. The number of methoxy groups -OCH3 is 2. The van der Waals surface area contributed by atoms with E-state index < -0.39 is 23.3 Å². The van der Waals surface area contributed by atoms with E-state index in [1.807, 2.05) is 13.0 Å². The van der Waals surface area contributed by atoms with Gasteiger partial charge in [-0.15, -0.1) is 0 Å². The Kier molecular flexibility index (Phi) is 7.71. The van der Waals surface area contributed by atoms with Crippen LogP contribution < -0.4 is 16.4 Å². The number of carbonyl (C=O) groups excluding carboxylic acids is 1. The Morgan fingerprint density at radius 1 is 1.14 bits per heavy atom. The second-order valence-corrected chi connectivity index (χ2v) is 11.2. The van der Waals surface area contributed by atoms with Crippen molar-refractivity contribution < 1.29 is 27.8 Å². The van der Waals surface area contributed by atoms with Crippen LogP contribution in [0.3, 0.4) is 0 Å². The zero-order chi connectivity index (χ0) is 30.3. The molecule has 1 aliphatic carbocycles. The molecule has 1 aromatic carbocycles. The Labute approximate surface area is 246 Å². The van der Waals surface area contributed by atoms with Crippen LogP contribution in [0.4, 0.5) is 25.2 Å². The molecule has 0 spiro atoms. The van der Waals surface area contributed by atoms with Crippen LogP contribution in [0.15, 0.2) is 48.9 Å². The minimum atomic E-state index is -0.862. The monoisotopic (exact) mass is 593 g/mol. The summed E-state index contributed by atoms with van der Waals surface area (Å²) in [4.78, 5) is 20.6. The number of nitrogens with one attached hydrogen (secondary N) is 2. The van der Waals surface area contributed by atoms with Gasteiger partial charge < -0.3 is 30.6 Å². The molecule has 3 aromatic heterocycles. The van der Waals surface area contributed by atoms with Crippen LogP contribution in [0.25, 0.3) is 16.8 Å². The third-order valence-corrected chi connectivity index (χ3v) is 8.57. The van der Waals surface area contributed by atoms with Crippen LogP contribution in [0.2, 0.25) is 0 Å². The largest absolute Gasteiger partial charge is 0.453 e. The molecule has 4 heterocycles. The molecule has 0 unspecified atom stereocenters. The summed E-state index contributed by atoms with van der Waals surface area (Å²) < 4.78 is 47.7. The van der Waals surface area contributed by atoms with Gasteiger partial charge in [-0.1, -0.05) is 6.92 Å². The number of rotatable bonds is 7. The predicted molar refractivity (Wildman–Crippen MR) is 154 cm³/mol. The van der Waals surface area contributed by atoms with E-state index in [-0.39, 0.29) is 48.4 Å². The average Bonchev–Trinajstić information content (AvgIpc) is 3.36. The molecule has 1 aliphatic heterocycles. The number of imidazole rings is 1. The Morgan fingerprint density at radius 2 is 1.91 bits per heavy atom. The molecule has 1 amide bonds. The topological polar surface area (TPSA) is 138 Å². The quantitative estimate of drug-likeness (QED) is 0.287. The summed E-state index contributed by atoms with van der Waals surface area (Å²) in [5, 5.41) is 10.7. The highest BCUT2D eigenvalue weighted by Crippen LogP contribution is 2.40. The van der Waals surface area contributed by atoms with Gasteiger partial charge in [-0.3, -0.25) is 4.98 Å². The van der Waals surface area contributed by atoms with Crippen LogP contribution in [0.5, 0.6) is 0 Å². The van der Waals surface area contributed by atoms with Crippen molar-refractivity contribution in [3.8, 4) is 11.3 Å². The summed E-state index contributed by atoms with van der Waals surface area (Å²) in [7, 11) is 2.82. The number of hydrogen-bond donors (Lipinski definition) is 3. The molecule has 0 radical (unpaired) electrons. The maximum Gasteiger partial charge on any atom is 0.407 e. The maximum absolute atomic E-state index is 15.4. The number of aromatic nitrogens is 4. The fourth-order valence-electron chi connectivity index (χ4n) is 6.15. The molecule has 0 bridgehead atoms. The van der Waals surface area contributed by atoms with E-state index in [1.54, 1.807) is 30.7 Å². The van der Waals surface area contributed by atoms with Crippen molar-refractivity contribution in [1.82, 2.24) is 24.9 Å². The van der Waals surface area contributed by atoms with E-state index in [1.165, 1.54) is 30.9 Å². The first kappa shape index (κ1) is 28.9. The molecule has 2 aliphatic rings. The number of alkyl carbamates (subject to hydrolysis) is 1.